The average molecular weight is 571 g/mol. The Morgan fingerprint density at radius 2 is 0.826 bits per heavy atom. The fourth-order valence-electron chi connectivity index (χ4n) is 2.03. The second kappa shape index (κ2) is 11.7. The Hall–Kier alpha value is -0.786. The van der Waals surface area contributed by atoms with Crippen molar-refractivity contribution in [3.05, 3.63) is 85.2 Å². The third-order valence-corrected chi connectivity index (χ3v) is 3.02. The summed E-state index contributed by atoms with van der Waals surface area (Å²) in [5, 5.41) is 2.40. The molecule has 0 bridgehead atoms. The minimum absolute atomic E-state index is 0. The quantitative estimate of drug-likeness (QED) is 0.190. The smallest absolute Gasteiger partial charge is 1.00 e. The van der Waals surface area contributed by atoms with Gasteiger partial charge in [0.1, 0.15) is 0 Å². The summed E-state index contributed by atoms with van der Waals surface area (Å²) in [5.74, 6) is 0. The number of para-hydroxylation sites is 2. The molecule has 0 radical (unpaired) electrons. The molecule has 0 spiro atoms. The molecule has 23 heavy (non-hydrogen) atoms. The standard InChI is InChI=1S/2C9H7N.2HI.Ni/c2*1-2-6-9-8(4-1)5-3-7-10-9;;;/h2*1-7H;2*1H;/q;;;;+2/p-2. The van der Waals surface area contributed by atoms with Crippen molar-refractivity contribution in [2.45, 2.75) is 0 Å². The molecule has 2 heterocycles. The van der Waals surface area contributed by atoms with Crippen molar-refractivity contribution >= 4 is 21.8 Å². The van der Waals surface area contributed by atoms with Crippen molar-refractivity contribution in [1.82, 2.24) is 9.97 Å². The summed E-state index contributed by atoms with van der Waals surface area (Å²) in [6.45, 7) is 0. The summed E-state index contributed by atoms with van der Waals surface area (Å²) in [6.07, 6.45) is 3.62. The van der Waals surface area contributed by atoms with Crippen molar-refractivity contribution in [2.75, 3.05) is 0 Å². The van der Waals surface area contributed by atoms with Gasteiger partial charge in [0.15, 0.2) is 0 Å². The van der Waals surface area contributed by atoms with Gasteiger partial charge in [0.25, 0.3) is 0 Å². The number of nitrogens with zero attached hydrogens (tertiary/aromatic N) is 2. The number of aromatic nitrogens is 2. The summed E-state index contributed by atoms with van der Waals surface area (Å²) in [6, 6.07) is 24.2. The molecule has 4 aromatic rings. The second-order valence-corrected chi connectivity index (χ2v) is 4.39. The van der Waals surface area contributed by atoms with Crippen LogP contribution in [-0.4, -0.2) is 9.97 Å². The predicted octanol–water partition coefficient (Wildman–Crippen LogP) is -1.52. The Morgan fingerprint density at radius 3 is 1.22 bits per heavy atom. The maximum Gasteiger partial charge on any atom is 2.00 e. The first-order valence-electron chi connectivity index (χ1n) is 6.53. The van der Waals surface area contributed by atoms with Gasteiger partial charge in [-0.2, -0.15) is 0 Å². The molecule has 0 fully saturated rings. The van der Waals surface area contributed by atoms with Gasteiger partial charge in [0.05, 0.1) is 11.0 Å². The third-order valence-electron chi connectivity index (χ3n) is 3.02. The van der Waals surface area contributed by atoms with Crippen LogP contribution in [0.4, 0.5) is 0 Å². The van der Waals surface area contributed by atoms with Crippen molar-refractivity contribution in [3.63, 3.8) is 0 Å². The fourth-order valence-corrected chi connectivity index (χ4v) is 2.03. The molecular weight excluding hydrogens is 557 g/mol. The van der Waals surface area contributed by atoms with Crippen LogP contribution in [0.3, 0.4) is 0 Å². The van der Waals surface area contributed by atoms with E-state index in [0.717, 1.165) is 11.0 Å². The molecule has 2 aromatic carbocycles. The number of rotatable bonds is 0. The van der Waals surface area contributed by atoms with E-state index in [-0.39, 0.29) is 64.4 Å². The maximum atomic E-state index is 4.18. The van der Waals surface area contributed by atoms with E-state index in [4.69, 9.17) is 0 Å². The molecule has 0 aliphatic rings. The molecule has 0 amide bonds. The van der Waals surface area contributed by atoms with Crippen LogP contribution in [0.2, 0.25) is 0 Å². The molecule has 5 heteroatoms. The Morgan fingerprint density at radius 1 is 0.478 bits per heavy atom. The third kappa shape index (κ3) is 6.32. The Kier molecular flexibility index (Phi) is 11.3. The minimum atomic E-state index is 0. The van der Waals surface area contributed by atoms with Crippen LogP contribution in [-0.2, 0) is 16.5 Å². The van der Waals surface area contributed by atoms with Gasteiger partial charge in [0.2, 0.25) is 0 Å². The first kappa shape index (κ1) is 22.2. The van der Waals surface area contributed by atoms with Gasteiger partial charge in [-0.15, -0.1) is 0 Å². The van der Waals surface area contributed by atoms with Crippen molar-refractivity contribution in [3.8, 4) is 0 Å². The molecule has 0 aliphatic heterocycles. The molecule has 0 saturated carbocycles. The Balaban J connectivity index is 0.000000372. The molecule has 2 nitrogen and oxygen atoms in total. The SMILES string of the molecule is [I-].[I-].[Ni+2].c1ccc2ncccc2c1.c1ccc2ncccc2c1. The van der Waals surface area contributed by atoms with Gasteiger partial charge in [-0.3, -0.25) is 9.97 Å². The first-order valence-corrected chi connectivity index (χ1v) is 6.53. The molecule has 0 unspecified atom stereocenters. The van der Waals surface area contributed by atoms with Crippen LogP contribution in [0, 0.1) is 0 Å². The van der Waals surface area contributed by atoms with E-state index < -0.39 is 0 Å². The van der Waals surface area contributed by atoms with Crippen LogP contribution < -0.4 is 48.0 Å². The average Bonchev–Trinajstić information content (AvgIpc) is 2.56. The van der Waals surface area contributed by atoms with E-state index in [1.165, 1.54) is 10.8 Å². The van der Waals surface area contributed by atoms with Gasteiger partial charge in [-0.25, -0.2) is 0 Å². The van der Waals surface area contributed by atoms with Crippen LogP contribution >= 0.6 is 0 Å². The number of benzene rings is 2. The summed E-state index contributed by atoms with van der Waals surface area (Å²) < 4.78 is 0. The number of pyridine rings is 2. The molecular formula is C18H14I2N2Ni. The van der Waals surface area contributed by atoms with Gasteiger partial charge in [-0.05, 0) is 24.3 Å². The molecule has 0 saturated heterocycles. The van der Waals surface area contributed by atoms with Crippen molar-refractivity contribution in [1.29, 1.82) is 0 Å². The summed E-state index contributed by atoms with van der Waals surface area (Å²) in [4.78, 5) is 8.36. The second-order valence-electron chi connectivity index (χ2n) is 4.39. The van der Waals surface area contributed by atoms with E-state index in [0.29, 0.717) is 0 Å². The molecule has 0 atom stereocenters. The summed E-state index contributed by atoms with van der Waals surface area (Å²) >= 11 is 0. The molecule has 2 aromatic heterocycles. The monoisotopic (exact) mass is 570 g/mol. The zero-order chi connectivity index (χ0) is 13.6. The number of fused-ring (bicyclic) bond motifs is 2. The van der Waals surface area contributed by atoms with Crippen molar-refractivity contribution < 1.29 is 64.4 Å². The maximum absolute atomic E-state index is 4.18. The molecule has 120 valence electrons. The summed E-state index contributed by atoms with van der Waals surface area (Å²) in [5.41, 5.74) is 2.12. The van der Waals surface area contributed by atoms with Crippen LogP contribution in [0.15, 0.2) is 85.2 Å². The van der Waals surface area contributed by atoms with E-state index in [1.54, 1.807) is 0 Å². The largest absolute Gasteiger partial charge is 2.00 e. The summed E-state index contributed by atoms with van der Waals surface area (Å²) in [7, 11) is 0. The van der Waals surface area contributed by atoms with Gasteiger partial charge < -0.3 is 48.0 Å². The fraction of sp³-hybridized carbons (Fsp3) is 0. The van der Waals surface area contributed by atoms with Gasteiger partial charge >= 0.3 is 16.5 Å². The minimum Gasteiger partial charge on any atom is -1.00 e. The van der Waals surface area contributed by atoms with Gasteiger partial charge in [-0.1, -0.05) is 48.5 Å². The topological polar surface area (TPSA) is 25.8 Å². The van der Waals surface area contributed by atoms with Gasteiger partial charge in [0, 0.05) is 23.2 Å². The van der Waals surface area contributed by atoms with Crippen LogP contribution in [0.1, 0.15) is 0 Å². The molecule has 4 rings (SSSR count). The zero-order valence-electron chi connectivity index (χ0n) is 12.0. The van der Waals surface area contributed by atoms with E-state index in [9.17, 15) is 0 Å². The van der Waals surface area contributed by atoms with Crippen LogP contribution in [0.25, 0.3) is 21.8 Å². The number of halogens is 2. The normalized spacial score (nSPS) is 8.70. The van der Waals surface area contributed by atoms with E-state index in [1.807, 2.05) is 60.9 Å². The molecule has 0 N–H and O–H groups in total. The predicted molar refractivity (Wildman–Crippen MR) is 83.5 cm³/mol. The van der Waals surface area contributed by atoms with Crippen LogP contribution in [0.5, 0.6) is 0 Å². The Bertz CT molecular complexity index is 638. The number of hydrogen-bond donors (Lipinski definition) is 0. The zero-order valence-corrected chi connectivity index (χ0v) is 17.4. The van der Waals surface area contributed by atoms with E-state index in [2.05, 4.69) is 34.2 Å². The van der Waals surface area contributed by atoms with E-state index >= 15 is 0 Å². The number of hydrogen-bond acceptors (Lipinski definition) is 2. The first-order chi connectivity index (χ1) is 9.93. The Labute approximate surface area is 180 Å². The van der Waals surface area contributed by atoms with Crippen molar-refractivity contribution in [2.24, 2.45) is 0 Å². The molecule has 0 aliphatic carbocycles.